The highest BCUT2D eigenvalue weighted by molar-refractivity contribution is 6.42. The monoisotopic (exact) mass is 356 g/mol. The SMILES string of the molecule is CC(C)(O)CC(=O)N1CC[C@]2(C1)C(=O)Nc1cc(Cl)c(Cl)cc12. The standard InChI is InChI=1S/C16H18Cl2N2O3/c1-15(2,23)7-13(21)20-4-3-16(8-20)9-5-10(17)11(18)6-12(9)19-14(16)22/h5-6,23H,3-4,7-8H2,1-2H3,(H,19,22)/t16-/m1/s1. The van der Waals surface area contributed by atoms with Crippen molar-refractivity contribution in [2.75, 3.05) is 18.4 Å². The summed E-state index contributed by atoms with van der Waals surface area (Å²) in [5, 5.41) is 13.4. The fourth-order valence-corrected chi connectivity index (χ4v) is 3.65. The summed E-state index contributed by atoms with van der Waals surface area (Å²) in [5.41, 5.74) is -0.408. The lowest BCUT2D eigenvalue weighted by Crippen LogP contribution is -2.41. The van der Waals surface area contributed by atoms with Gasteiger partial charge in [0, 0.05) is 18.8 Å². The molecule has 1 saturated heterocycles. The molecule has 1 aromatic rings. The molecule has 23 heavy (non-hydrogen) atoms. The molecule has 1 spiro atoms. The topological polar surface area (TPSA) is 69.6 Å². The first-order valence-corrected chi connectivity index (χ1v) is 8.19. The van der Waals surface area contributed by atoms with Gasteiger partial charge in [-0.3, -0.25) is 9.59 Å². The first-order valence-electron chi connectivity index (χ1n) is 7.43. The third-order valence-corrected chi connectivity index (χ3v) is 5.19. The van der Waals surface area contributed by atoms with E-state index in [9.17, 15) is 14.7 Å². The first-order chi connectivity index (χ1) is 10.6. The summed E-state index contributed by atoms with van der Waals surface area (Å²) in [6.07, 6.45) is 0.556. The molecule has 2 aliphatic rings. The molecule has 1 aromatic carbocycles. The van der Waals surface area contributed by atoms with Gasteiger partial charge >= 0.3 is 0 Å². The molecule has 0 unspecified atom stereocenters. The van der Waals surface area contributed by atoms with Crippen molar-refractivity contribution in [3.63, 3.8) is 0 Å². The minimum absolute atomic E-state index is 0.0267. The molecule has 0 aliphatic carbocycles. The Labute approximate surface area is 144 Å². The van der Waals surface area contributed by atoms with E-state index in [1.54, 1.807) is 30.9 Å². The summed E-state index contributed by atoms with van der Waals surface area (Å²) < 4.78 is 0. The molecule has 0 saturated carbocycles. The van der Waals surface area contributed by atoms with Crippen LogP contribution in [0.15, 0.2) is 12.1 Å². The Balaban J connectivity index is 1.89. The van der Waals surface area contributed by atoms with E-state index in [2.05, 4.69) is 5.32 Å². The van der Waals surface area contributed by atoms with Gasteiger partial charge in [-0.2, -0.15) is 0 Å². The van der Waals surface area contributed by atoms with Crippen LogP contribution in [0.25, 0.3) is 0 Å². The van der Waals surface area contributed by atoms with Crippen LogP contribution in [0.3, 0.4) is 0 Å². The van der Waals surface area contributed by atoms with Gasteiger partial charge in [0.05, 0.1) is 27.5 Å². The molecular formula is C16H18Cl2N2O3. The Morgan fingerprint density at radius 2 is 2.04 bits per heavy atom. The van der Waals surface area contributed by atoms with Crippen LogP contribution in [0.1, 0.15) is 32.3 Å². The van der Waals surface area contributed by atoms with Gasteiger partial charge < -0.3 is 15.3 Å². The number of nitrogens with one attached hydrogen (secondary N) is 1. The molecule has 5 nitrogen and oxygen atoms in total. The minimum atomic E-state index is -1.07. The zero-order chi connectivity index (χ0) is 17.0. The van der Waals surface area contributed by atoms with Crippen LogP contribution in [0.2, 0.25) is 10.0 Å². The molecule has 0 aromatic heterocycles. The number of halogens is 2. The number of benzene rings is 1. The van der Waals surface area contributed by atoms with Gasteiger partial charge in [-0.25, -0.2) is 0 Å². The highest BCUT2D eigenvalue weighted by atomic mass is 35.5. The number of fused-ring (bicyclic) bond motifs is 2. The Kier molecular flexibility index (Phi) is 3.86. The van der Waals surface area contributed by atoms with E-state index in [-0.39, 0.29) is 18.2 Å². The van der Waals surface area contributed by atoms with Crippen molar-refractivity contribution >= 4 is 40.7 Å². The Morgan fingerprint density at radius 3 is 2.70 bits per heavy atom. The van der Waals surface area contributed by atoms with Crippen LogP contribution >= 0.6 is 23.2 Å². The predicted molar refractivity (Wildman–Crippen MR) is 88.9 cm³/mol. The number of aliphatic hydroxyl groups is 1. The first kappa shape index (κ1) is 16.6. The molecule has 1 fully saturated rings. The molecule has 0 radical (unpaired) electrons. The van der Waals surface area contributed by atoms with Crippen LogP contribution in [-0.2, 0) is 15.0 Å². The summed E-state index contributed by atoms with van der Waals surface area (Å²) in [6, 6.07) is 3.36. The van der Waals surface area contributed by atoms with E-state index in [1.165, 1.54) is 0 Å². The zero-order valence-corrected chi connectivity index (χ0v) is 14.5. The molecular weight excluding hydrogens is 339 g/mol. The lowest BCUT2D eigenvalue weighted by molar-refractivity contribution is -0.134. The smallest absolute Gasteiger partial charge is 0.237 e. The lowest BCUT2D eigenvalue weighted by Gasteiger charge is -2.25. The number of hydrogen-bond donors (Lipinski definition) is 2. The van der Waals surface area contributed by atoms with Crippen molar-refractivity contribution in [1.82, 2.24) is 4.90 Å². The van der Waals surface area contributed by atoms with Gasteiger partial charge in [-0.05, 0) is 38.0 Å². The van der Waals surface area contributed by atoms with Crippen molar-refractivity contribution in [2.45, 2.75) is 37.7 Å². The number of amides is 2. The van der Waals surface area contributed by atoms with Gasteiger partial charge in [-0.1, -0.05) is 23.2 Å². The number of rotatable bonds is 2. The number of nitrogens with zero attached hydrogens (tertiary/aromatic N) is 1. The van der Waals surface area contributed by atoms with Crippen molar-refractivity contribution in [3.8, 4) is 0 Å². The van der Waals surface area contributed by atoms with Crippen LogP contribution < -0.4 is 5.32 Å². The number of likely N-dealkylation sites (tertiary alicyclic amines) is 1. The average Bonchev–Trinajstić information content (AvgIpc) is 2.96. The van der Waals surface area contributed by atoms with E-state index in [0.717, 1.165) is 5.56 Å². The minimum Gasteiger partial charge on any atom is -0.390 e. The largest absolute Gasteiger partial charge is 0.390 e. The second kappa shape index (κ2) is 5.36. The number of hydrogen-bond acceptors (Lipinski definition) is 3. The molecule has 124 valence electrons. The lowest BCUT2D eigenvalue weighted by atomic mass is 9.81. The van der Waals surface area contributed by atoms with Crippen molar-refractivity contribution < 1.29 is 14.7 Å². The molecule has 0 bridgehead atoms. The summed E-state index contributed by atoms with van der Waals surface area (Å²) in [4.78, 5) is 26.5. The van der Waals surface area contributed by atoms with Gasteiger partial charge in [0.1, 0.15) is 0 Å². The van der Waals surface area contributed by atoms with E-state index in [4.69, 9.17) is 23.2 Å². The fraction of sp³-hybridized carbons (Fsp3) is 0.500. The molecule has 2 amide bonds. The number of carbonyl (C=O) groups is 2. The molecule has 2 heterocycles. The van der Waals surface area contributed by atoms with E-state index in [0.29, 0.717) is 35.2 Å². The molecule has 2 N–H and O–H groups in total. The number of anilines is 1. The third-order valence-electron chi connectivity index (χ3n) is 4.46. The van der Waals surface area contributed by atoms with Crippen LogP contribution in [0, 0.1) is 0 Å². The zero-order valence-electron chi connectivity index (χ0n) is 12.9. The third kappa shape index (κ3) is 2.82. The number of carbonyl (C=O) groups excluding carboxylic acids is 2. The maximum absolute atomic E-state index is 12.5. The van der Waals surface area contributed by atoms with Gasteiger partial charge in [0.25, 0.3) is 0 Å². The Hall–Kier alpha value is -1.30. The van der Waals surface area contributed by atoms with Gasteiger partial charge in [0.2, 0.25) is 11.8 Å². The van der Waals surface area contributed by atoms with Gasteiger partial charge in [-0.15, -0.1) is 0 Å². The summed E-state index contributed by atoms with van der Waals surface area (Å²) in [5.74, 6) is -0.292. The van der Waals surface area contributed by atoms with Crippen molar-refractivity contribution in [2.24, 2.45) is 0 Å². The summed E-state index contributed by atoms with van der Waals surface area (Å²) in [6.45, 7) is 3.95. The molecule has 7 heteroatoms. The maximum Gasteiger partial charge on any atom is 0.237 e. The second-order valence-electron chi connectivity index (χ2n) is 6.90. The summed E-state index contributed by atoms with van der Waals surface area (Å²) >= 11 is 12.1. The van der Waals surface area contributed by atoms with Crippen LogP contribution in [0.5, 0.6) is 0 Å². The van der Waals surface area contributed by atoms with E-state index in [1.807, 2.05) is 0 Å². The average molecular weight is 357 g/mol. The van der Waals surface area contributed by atoms with Gasteiger partial charge in [0.15, 0.2) is 0 Å². The molecule has 2 aliphatic heterocycles. The normalized spacial score (nSPS) is 23.3. The van der Waals surface area contributed by atoms with Crippen molar-refractivity contribution in [3.05, 3.63) is 27.7 Å². The van der Waals surface area contributed by atoms with E-state index >= 15 is 0 Å². The highest BCUT2D eigenvalue weighted by Crippen LogP contribution is 2.46. The fourth-order valence-electron chi connectivity index (χ4n) is 3.32. The molecule has 1 atom stereocenters. The predicted octanol–water partition coefficient (Wildman–Crippen LogP) is 2.58. The molecule has 3 rings (SSSR count). The highest BCUT2D eigenvalue weighted by Gasteiger charge is 2.52. The second-order valence-corrected chi connectivity index (χ2v) is 7.72. The van der Waals surface area contributed by atoms with E-state index < -0.39 is 11.0 Å². The van der Waals surface area contributed by atoms with Crippen LogP contribution in [-0.4, -0.2) is 40.5 Å². The van der Waals surface area contributed by atoms with Crippen LogP contribution in [0.4, 0.5) is 5.69 Å². The maximum atomic E-state index is 12.5. The summed E-state index contributed by atoms with van der Waals surface area (Å²) in [7, 11) is 0. The quantitative estimate of drug-likeness (QED) is 0.855. The Bertz CT molecular complexity index is 699. The van der Waals surface area contributed by atoms with Crippen molar-refractivity contribution in [1.29, 1.82) is 0 Å². The Morgan fingerprint density at radius 1 is 1.39 bits per heavy atom.